The molecule has 0 saturated carbocycles. The van der Waals surface area contributed by atoms with Crippen molar-refractivity contribution in [2.24, 2.45) is 0 Å². The van der Waals surface area contributed by atoms with Crippen LogP contribution in [-0.4, -0.2) is 42.0 Å². The predicted octanol–water partition coefficient (Wildman–Crippen LogP) is 1.98. The highest BCUT2D eigenvalue weighted by molar-refractivity contribution is 5.91. The van der Waals surface area contributed by atoms with Gasteiger partial charge in [0.2, 0.25) is 5.91 Å². The number of carbonyl (C=O) groups is 1. The molecule has 2 rings (SSSR count). The van der Waals surface area contributed by atoms with Crippen molar-refractivity contribution in [1.82, 2.24) is 5.32 Å². The highest BCUT2D eigenvalue weighted by atomic mass is 16.5. The van der Waals surface area contributed by atoms with Gasteiger partial charge in [-0.3, -0.25) is 4.79 Å². The smallest absolute Gasteiger partial charge is 0.244 e. The molecule has 0 bridgehead atoms. The minimum atomic E-state index is -0.974. The molecule has 0 saturated heterocycles. The summed E-state index contributed by atoms with van der Waals surface area (Å²) in [5, 5.41) is 31.9. The predicted molar refractivity (Wildman–Crippen MR) is 96.3 cm³/mol. The lowest BCUT2D eigenvalue weighted by Crippen LogP contribution is -2.26. The van der Waals surface area contributed by atoms with Crippen molar-refractivity contribution in [1.29, 1.82) is 0 Å². The molecular formula is C19H21NO6. The second-order valence-electron chi connectivity index (χ2n) is 5.46. The molecule has 0 heterocycles. The Balaban J connectivity index is 1.92. The number of phenols is 2. The van der Waals surface area contributed by atoms with Gasteiger partial charge < -0.3 is 30.1 Å². The van der Waals surface area contributed by atoms with Crippen LogP contribution in [0.2, 0.25) is 0 Å². The third-order valence-electron chi connectivity index (χ3n) is 3.69. The van der Waals surface area contributed by atoms with Gasteiger partial charge in [0.05, 0.1) is 20.3 Å². The monoisotopic (exact) mass is 359 g/mol. The largest absolute Gasteiger partial charge is 0.504 e. The first-order chi connectivity index (χ1) is 12.4. The van der Waals surface area contributed by atoms with Gasteiger partial charge in [-0.2, -0.15) is 0 Å². The van der Waals surface area contributed by atoms with E-state index in [0.717, 1.165) is 0 Å². The summed E-state index contributed by atoms with van der Waals surface area (Å²) in [6.45, 7) is -0.0200. The second-order valence-corrected chi connectivity index (χ2v) is 5.46. The number of methoxy groups -OCH3 is 2. The van der Waals surface area contributed by atoms with Crippen LogP contribution in [0.25, 0.3) is 6.08 Å². The highest BCUT2D eigenvalue weighted by Crippen LogP contribution is 2.29. The number of benzene rings is 2. The zero-order valence-electron chi connectivity index (χ0n) is 14.5. The van der Waals surface area contributed by atoms with Gasteiger partial charge in [0, 0.05) is 12.6 Å². The van der Waals surface area contributed by atoms with Gasteiger partial charge in [0.15, 0.2) is 23.0 Å². The van der Waals surface area contributed by atoms with Crippen molar-refractivity contribution in [3.8, 4) is 23.0 Å². The molecule has 4 N–H and O–H groups in total. The lowest BCUT2D eigenvalue weighted by Gasteiger charge is -2.13. The number of phenolic OH excluding ortho intramolecular Hbond substituents is 2. The fourth-order valence-electron chi connectivity index (χ4n) is 2.26. The molecule has 0 aliphatic carbocycles. The average molecular weight is 359 g/mol. The molecule has 2 aromatic rings. The van der Waals surface area contributed by atoms with Crippen LogP contribution in [0.3, 0.4) is 0 Å². The summed E-state index contributed by atoms with van der Waals surface area (Å²) >= 11 is 0. The molecule has 0 spiro atoms. The molecule has 1 amide bonds. The highest BCUT2D eigenvalue weighted by Gasteiger charge is 2.11. The summed E-state index contributed by atoms with van der Waals surface area (Å²) in [6, 6.07) is 9.22. The number of ether oxygens (including phenoxy) is 2. The van der Waals surface area contributed by atoms with E-state index < -0.39 is 12.0 Å². The Morgan fingerprint density at radius 3 is 2.46 bits per heavy atom. The van der Waals surface area contributed by atoms with E-state index in [9.17, 15) is 20.1 Å². The first-order valence-corrected chi connectivity index (χ1v) is 7.82. The fraction of sp³-hybridized carbons (Fsp3) is 0.211. The standard InChI is InChI=1S/C19H21NO6/c1-25-17-7-5-13(10-15(17)22)16(23)11-20-19(24)8-4-12-3-6-14(21)18(9-12)26-2/h3-10,16,21-23H,11H2,1-2H3,(H,20,24)/b8-4+. The molecule has 0 radical (unpaired) electrons. The summed E-state index contributed by atoms with van der Waals surface area (Å²) in [4.78, 5) is 11.9. The molecule has 0 fully saturated rings. The van der Waals surface area contributed by atoms with Crippen LogP contribution >= 0.6 is 0 Å². The Bertz CT molecular complexity index is 803. The number of aliphatic hydroxyl groups is 1. The molecule has 0 aliphatic rings. The van der Waals surface area contributed by atoms with E-state index in [0.29, 0.717) is 22.6 Å². The maximum Gasteiger partial charge on any atom is 0.244 e. The Labute approximate surface area is 151 Å². The third-order valence-corrected chi connectivity index (χ3v) is 3.69. The molecule has 138 valence electrons. The molecule has 1 atom stereocenters. The number of rotatable bonds is 7. The number of carbonyl (C=O) groups excluding carboxylic acids is 1. The molecule has 1 unspecified atom stereocenters. The Hall–Kier alpha value is -3.19. The summed E-state index contributed by atoms with van der Waals surface area (Å²) in [5.41, 5.74) is 1.13. The van der Waals surface area contributed by atoms with Crippen LogP contribution in [0, 0.1) is 0 Å². The van der Waals surface area contributed by atoms with Crippen LogP contribution in [0.5, 0.6) is 23.0 Å². The van der Waals surface area contributed by atoms with Gasteiger partial charge in [0.25, 0.3) is 0 Å². The second kappa shape index (κ2) is 8.77. The number of nitrogens with one attached hydrogen (secondary N) is 1. The number of hydrogen-bond acceptors (Lipinski definition) is 6. The number of aliphatic hydroxyl groups excluding tert-OH is 1. The molecular weight excluding hydrogens is 338 g/mol. The maximum atomic E-state index is 11.9. The summed E-state index contributed by atoms with van der Waals surface area (Å²) < 4.78 is 9.94. The molecule has 7 heteroatoms. The van der Waals surface area contributed by atoms with Crippen molar-refractivity contribution < 1.29 is 29.6 Å². The van der Waals surface area contributed by atoms with Crippen LogP contribution < -0.4 is 14.8 Å². The number of aromatic hydroxyl groups is 2. The molecule has 7 nitrogen and oxygen atoms in total. The first kappa shape index (κ1) is 19.1. The van der Waals surface area contributed by atoms with Gasteiger partial charge in [-0.05, 0) is 41.5 Å². The van der Waals surface area contributed by atoms with Crippen molar-refractivity contribution in [3.05, 3.63) is 53.6 Å². The normalized spacial score (nSPS) is 12.0. The summed E-state index contributed by atoms with van der Waals surface area (Å²) in [6.07, 6.45) is 1.89. The van der Waals surface area contributed by atoms with Gasteiger partial charge in [-0.25, -0.2) is 0 Å². The first-order valence-electron chi connectivity index (χ1n) is 7.82. The quantitative estimate of drug-likeness (QED) is 0.563. The Kier molecular flexibility index (Phi) is 6.46. The van der Waals surface area contributed by atoms with Crippen molar-refractivity contribution >= 4 is 12.0 Å². The summed E-state index contributed by atoms with van der Waals surface area (Å²) in [5.74, 6) is 0.143. The molecule has 0 aromatic heterocycles. The number of amides is 1. The van der Waals surface area contributed by atoms with Gasteiger partial charge in [0.1, 0.15) is 0 Å². The van der Waals surface area contributed by atoms with Gasteiger partial charge in [-0.15, -0.1) is 0 Å². The molecule has 26 heavy (non-hydrogen) atoms. The van der Waals surface area contributed by atoms with Crippen LogP contribution in [0.15, 0.2) is 42.5 Å². The topological polar surface area (TPSA) is 108 Å². The molecule has 0 aliphatic heterocycles. The average Bonchev–Trinajstić information content (AvgIpc) is 2.65. The minimum absolute atomic E-state index is 0.0139. The Morgan fingerprint density at radius 1 is 1.08 bits per heavy atom. The summed E-state index contributed by atoms with van der Waals surface area (Å²) in [7, 11) is 2.87. The Morgan fingerprint density at radius 2 is 1.81 bits per heavy atom. The third kappa shape index (κ3) is 4.90. The van der Waals surface area contributed by atoms with E-state index in [4.69, 9.17) is 9.47 Å². The number of hydrogen-bond donors (Lipinski definition) is 4. The minimum Gasteiger partial charge on any atom is -0.504 e. The van der Waals surface area contributed by atoms with E-state index >= 15 is 0 Å². The SMILES string of the molecule is COc1ccc(C(O)CNC(=O)/C=C/c2ccc(O)c(OC)c2)cc1O. The lowest BCUT2D eigenvalue weighted by atomic mass is 10.1. The van der Waals surface area contributed by atoms with E-state index in [1.54, 1.807) is 24.3 Å². The maximum absolute atomic E-state index is 11.9. The van der Waals surface area contributed by atoms with Crippen molar-refractivity contribution in [3.63, 3.8) is 0 Å². The van der Waals surface area contributed by atoms with Gasteiger partial charge in [-0.1, -0.05) is 12.1 Å². The van der Waals surface area contributed by atoms with Crippen molar-refractivity contribution in [2.75, 3.05) is 20.8 Å². The van der Waals surface area contributed by atoms with E-state index in [1.165, 1.54) is 38.5 Å². The van der Waals surface area contributed by atoms with Crippen LogP contribution in [-0.2, 0) is 4.79 Å². The molecule has 2 aromatic carbocycles. The lowest BCUT2D eigenvalue weighted by molar-refractivity contribution is -0.116. The zero-order chi connectivity index (χ0) is 19.1. The van der Waals surface area contributed by atoms with E-state index in [1.807, 2.05) is 0 Å². The van der Waals surface area contributed by atoms with E-state index in [-0.39, 0.29) is 18.0 Å². The van der Waals surface area contributed by atoms with Crippen LogP contribution in [0.4, 0.5) is 0 Å². The van der Waals surface area contributed by atoms with Crippen LogP contribution in [0.1, 0.15) is 17.2 Å². The van der Waals surface area contributed by atoms with E-state index in [2.05, 4.69) is 5.32 Å². The zero-order valence-corrected chi connectivity index (χ0v) is 14.5. The van der Waals surface area contributed by atoms with Crippen molar-refractivity contribution in [2.45, 2.75) is 6.10 Å². The fourth-order valence-corrected chi connectivity index (χ4v) is 2.26. The van der Waals surface area contributed by atoms with Gasteiger partial charge >= 0.3 is 0 Å².